The van der Waals surface area contributed by atoms with Gasteiger partial charge in [-0.1, -0.05) is 36.8 Å². The summed E-state index contributed by atoms with van der Waals surface area (Å²) in [5, 5.41) is 11.0. The van der Waals surface area contributed by atoms with Crippen molar-refractivity contribution >= 4 is 27.3 Å². The predicted octanol–water partition coefficient (Wildman–Crippen LogP) is 2.56. The largest absolute Gasteiger partial charge is 0.395 e. The van der Waals surface area contributed by atoms with Gasteiger partial charge in [0.05, 0.1) is 6.61 Å². The highest BCUT2D eigenvalue weighted by molar-refractivity contribution is 7.89. The van der Waals surface area contributed by atoms with E-state index >= 15 is 0 Å². The van der Waals surface area contributed by atoms with Crippen LogP contribution in [0.25, 0.3) is 0 Å². The first-order chi connectivity index (χ1) is 13.0. The highest BCUT2D eigenvalue weighted by Gasteiger charge is 2.32. The van der Waals surface area contributed by atoms with Crippen molar-refractivity contribution in [1.29, 1.82) is 0 Å². The van der Waals surface area contributed by atoms with Crippen molar-refractivity contribution in [2.24, 2.45) is 0 Å². The Labute approximate surface area is 164 Å². The van der Waals surface area contributed by atoms with Gasteiger partial charge in [-0.25, -0.2) is 8.42 Å². The minimum absolute atomic E-state index is 0.0791. The normalized spacial score (nSPS) is 15.6. The number of sulfonamides is 1. The van der Waals surface area contributed by atoms with Crippen LogP contribution in [0.4, 0.5) is 0 Å². The molecule has 8 heteroatoms. The molecule has 1 amide bonds. The van der Waals surface area contributed by atoms with Gasteiger partial charge in [0.2, 0.25) is 10.0 Å². The summed E-state index contributed by atoms with van der Waals surface area (Å²) < 4.78 is 27.5. The maximum atomic E-state index is 13.1. The minimum Gasteiger partial charge on any atom is -0.395 e. The molecule has 0 atom stereocenters. The van der Waals surface area contributed by atoms with Crippen molar-refractivity contribution < 1.29 is 18.3 Å². The lowest BCUT2D eigenvalue weighted by Gasteiger charge is -2.26. The fourth-order valence-electron chi connectivity index (χ4n) is 3.22. The van der Waals surface area contributed by atoms with Crippen LogP contribution in [0.3, 0.4) is 0 Å². The Morgan fingerprint density at radius 3 is 2.48 bits per heavy atom. The molecule has 3 rings (SSSR count). The van der Waals surface area contributed by atoms with Crippen LogP contribution < -0.4 is 0 Å². The SMILES string of the molecule is O=C(c1sccc1S(=O)(=O)N1CCCCC1)N(CCO)Cc1ccccc1. The molecule has 1 aromatic carbocycles. The molecule has 0 unspecified atom stereocenters. The van der Waals surface area contributed by atoms with Gasteiger partial charge < -0.3 is 10.0 Å². The van der Waals surface area contributed by atoms with Crippen LogP contribution in [0.15, 0.2) is 46.7 Å². The molecule has 1 aliphatic heterocycles. The Balaban J connectivity index is 1.86. The molecule has 2 aromatic rings. The molecule has 0 bridgehead atoms. The summed E-state index contributed by atoms with van der Waals surface area (Å²) in [5.41, 5.74) is 0.927. The molecular formula is C19H24N2O4S2. The maximum Gasteiger partial charge on any atom is 0.265 e. The molecule has 1 N–H and O–H groups in total. The first-order valence-corrected chi connectivity index (χ1v) is 11.4. The van der Waals surface area contributed by atoms with E-state index in [1.165, 1.54) is 15.3 Å². The van der Waals surface area contributed by atoms with Crippen LogP contribution in [0.1, 0.15) is 34.5 Å². The van der Waals surface area contributed by atoms with E-state index in [1.807, 2.05) is 30.3 Å². The fraction of sp³-hybridized carbons (Fsp3) is 0.421. The number of benzene rings is 1. The van der Waals surface area contributed by atoms with Crippen molar-refractivity contribution in [2.75, 3.05) is 26.2 Å². The first kappa shape index (κ1) is 20.0. The van der Waals surface area contributed by atoms with Gasteiger partial charge in [0.1, 0.15) is 9.77 Å². The molecule has 0 radical (unpaired) electrons. The molecule has 0 aliphatic carbocycles. The third kappa shape index (κ3) is 4.57. The molecule has 1 fully saturated rings. The average Bonchev–Trinajstić information content (AvgIpc) is 3.19. The zero-order valence-corrected chi connectivity index (χ0v) is 16.7. The van der Waals surface area contributed by atoms with Crippen LogP contribution in [0.2, 0.25) is 0 Å². The Morgan fingerprint density at radius 2 is 1.81 bits per heavy atom. The Bertz CT molecular complexity index is 859. The van der Waals surface area contributed by atoms with E-state index in [9.17, 15) is 18.3 Å². The van der Waals surface area contributed by atoms with Gasteiger partial charge in [-0.05, 0) is 29.9 Å². The molecule has 27 heavy (non-hydrogen) atoms. The number of aliphatic hydroxyl groups is 1. The van der Waals surface area contributed by atoms with Gasteiger partial charge in [-0.2, -0.15) is 4.31 Å². The number of hydrogen-bond donors (Lipinski definition) is 1. The van der Waals surface area contributed by atoms with Crippen LogP contribution in [0, 0.1) is 0 Å². The lowest BCUT2D eigenvalue weighted by atomic mass is 10.2. The lowest BCUT2D eigenvalue weighted by Crippen LogP contribution is -2.37. The molecular weight excluding hydrogens is 384 g/mol. The van der Waals surface area contributed by atoms with Crippen LogP contribution in [0.5, 0.6) is 0 Å². The minimum atomic E-state index is -3.68. The number of rotatable bonds is 7. The van der Waals surface area contributed by atoms with E-state index in [4.69, 9.17) is 0 Å². The summed E-state index contributed by atoms with van der Waals surface area (Å²) in [7, 11) is -3.68. The predicted molar refractivity (Wildman–Crippen MR) is 105 cm³/mol. The number of carbonyl (C=O) groups is 1. The van der Waals surface area contributed by atoms with Crippen LogP contribution in [-0.2, 0) is 16.6 Å². The van der Waals surface area contributed by atoms with E-state index in [0.717, 1.165) is 36.2 Å². The zero-order valence-electron chi connectivity index (χ0n) is 15.1. The zero-order chi connectivity index (χ0) is 19.3. The quantitative estimate of drug-likeness (QED) is 0.764. The summed E-state index contributed by atoms with van der Waals surface area (Å²) in [4.78, 5) is 14.9. The second-order valence-electron chi connectivity index (χ2n) is 6.51. The van der Waals surface area contributed by atoms with Gasteiger partial charge in [-0.3, -0.25) is 4.79 Å². The molecule has 1 aromatic heterocycles. The third-order valence-electron chi connectivity index (χ3n) is 4.63. The number of piperidine rings is 1. The van der Waals surface area contributed by atoms with Gasteiger partial charge in [-0.15, -0.1) is 11.3 Å². The number of amides is 1. The van der Waals surface area contributed by atoms with Gasteiger partial charge in [0.15, 0.2) is 0 Å². The Morgan fingerprint density at radius 1 is 1.11 bits per heavy atom. The lowest BCUT2D eigenvalue weighted by molar-refractivity contribution is 0.0709. The molecule has 2 heterocycles. The van der Waals surface area contributed by atoms with Crippen molar-refractivity contribution in [3.8, 4) is 0 Å². The third-order valence-corrected chi connectivity index (χ3v) is 7.60. The Kier molecular flexibility index (Phi) is 6.64. The monoisotopic (exact) mass is 408 g/mol. The molecule has 146 valence electrons. The summed E-state index contributed by atoms with van der Waals surface area (Å²) in [6, 6.07) is 11.0. The highest BCUT2D eigenvalue weighted by Crippen LogP contribution is 2.28. The van der Waals surface area contributed by atoms with Crippen molar-refractivity contribution in [1.82, 2.24) is 9.21 Å². The molecule has 1 saturated heterocycles. The summed E-state index contributed by atoms with van der Waals surface area (Å²) in [6.07, 6.45) is 2.72. The summed E-state index contributed by atoms with van der Waals surface area (Å²) >= 11 is 1.13. The van der Waals surface area contributed by atoms with E-state index in [-0.39, 0.29) is 28.8 Å². The van der Waals surface area contributed by atoms with Gasteiger partial charge >= 0.3 is 0 Å². The number of aliphatic hydroxyl groups excluding tert-OH is 1. The fourth-order valence-corrected chi connectivity index (χ4v) is 6.10. The first-order valence-electron chi connectivity index (χ1n) is 9.05. The molecule has 0 saturated carbocycles. The number of thiophene rings is 1. The van der Waals surface area contributed by atoms with Crippen molar-refractivity contribution in [3.05, 3.63) is 52.2 Å². The molecule has 6 nitrogen and oxygen atoms in total. The maximum absolute atomic E-state index is 13.1. The second-order valence-corrected chi connectivity index (χ2v) is 9.34. The van der Waals surface area contributed by atoms with Crippen molar-refractivity contribution in [3.63, 3.8) is 0 Å². The molecule has 0 spiro atoms. The van der Waals surface area contributed by atoms with E-state index in [0.29, 0.717) is 19.6 Å². The summed E-state index contributed by atoms with van der Waals surface area (Å²) in [5.74, 6) is -0.363. The Hall–Kier alpha value is -1.74. The number of hydrogen-bond acceptors (Lipinski definition) is 5. The number of nitrogens with zero attached hydrogens (tertiary/aromatic N) is 2. The summed E-state index contributed by atoms with van der Waals surface area (Å²) in [6.45, 7) is 1.28. The average molecular weight is 409 g/mol. The van der Waals surface area contributed by atoms with Crippen LogP contribution >= 0.6 is 11.3 Å². The smallest absolute Gasteiger partial charge is 0.265 e. The van der Waals surface area contributed by atoms with Gasteiger partial charge in [0.25, 0.3) is 5.91 Å². The van der Waals surface area contributed by atoms with E-state index < -0.39 is 10.0 Å². The van der Waals surface area contributed by atoms with E-state index in [1.54, 1.807) is 5.38 Å². The van der Waals surface area contributed by atoms with E-state index in [2.05, 4.69) is 0 Å². The van der Waals surface area contributed by atoms with Crippen molar-refractivity contribution in [2.45, 2.75) is 30.7 Å². The van der Waals surface area contributed by atoms with Crippen LogP contribution in [-0.4, -0.2) is 54.9 Å². The highest BCUT2D eigenvalue weighted by atomic mass is 32.2. The topological polar surface area (TPSA) is 77.9 Å². The number of carbonyl (C=O) groups excluding carboxylic acids is 1. The molecule has 1 aliphatic rings. The standard InChI is InChI=1S/C19H24N2O4S2/c22-13-12-20(15-16-7-3-1-4-8-16)19(23)18-17(9-14-26-18)27(24,25)21-10-5-2-6-11-21/h1,3-4,7-9,14,22H,2,5-6,10-13,15H2. The van der Waals surface area contributed by atoms with Gasteiger partial charge in [0, 0.05) is 26.2 Å². The second kappa shape index (κ2) is 8.97.